The molecule has 0 aliphatic carbocycles. The van der Waals surface area contributed by atoms with Crippen LogP contribution in [-0.4, -0.2) is 47.2 Å². The van der Waals surface area contributed by atoms with Crippen LogP contribution in [0.4, 0.5) is 0 Å². The summed E-state index contributed by atoms with van der Waals surface area (Å²) in [7, 11) is 3.05. The fourth-order valence-electron chi connectivity index (χ4n) is 2.57. The maximum absolute atomic E-state index is 11.7. The Kier molecular flexibility index (Phi) is 7.03. The van der Waals surface area contributed by atoms with Gasteiger partial charge in [-0.2, -0.15) is 0 Å². The van der Waals surface area contributed by atoms with Crippen LogP contribution in [0.15, 0.2) is 50.9 Å². The summed E-state index contributed by atoms with van der Waals surface area (Å²) in [5.74, 6) is 0.346. The Morgan fingerprint density at radius 2 is 1.84 bits per heavy atom. The molecule has 1 heterocycles. The first-order valence-electron chi connectivity index (χ1n) is 9.09. The number of carboxylic acids is 1. The Morgan fingerprint density at radius 3 is 2.45 bits per heavy atom. The van der Waals surface area contributed by atoms with Crippen LogP contribution in [0, 0.1) is 0 Å². The number of aromatic hydroxyl groups is 1. The molecule has 0 radical (unpaired) electrons. The van der Waals surface area contributed by atoms with Crippen LogP contribution in [-0.2, 0) is 4.79 Å². The SMILES string of the molecule is CCOc1cc(/C=C(\Sc2nnc(-c3cc(OC)cc(OC)c3)o2)C(=O)O)ccc1O. The lowest BCUT2D eigenvalue weighted by Crippen LogP contribution is -1.97. The quantitative estimate of drug-likeness (QED) is 0.368. The second kappa shape index (κ2) is 9.90. The maximum Gasteiger partial charge on any atom is 0.342 e. The van der Waals surface area contributed by atoms with Crippen LogP contribution < -0.4 is 14.2 Å². The summed E-state index contributed by atoms with van der Waals surface area (Å²) in [5, 5.41) is 27.4. The molecule has 0 atom stereocenters. The molecule has 0 spiro atoms. The number of carboxylic acid groups (broad SMARTS) is 1. The second-order valence-electron chi connectivity index (χ2n) is 6.05. The summed E-state index contributed by atoms with van der Waals surface area (Å²) in [5.41, 5.74) is 1.10. The third-order valence-electron chi connectivity index (χ3n) is 3.99. The van der Waals surface area contributed by atoms with Crippen molar-refractivity contribution in [3.8, 4) is 34.5 Å². The first-order chi connectivity index (χ1) is 14.9. The topological polar surface area (TPSA) is 124 Å². The molecule has 0 aliphatic heterocycles. The van der Waals surface area contributed by atoms with Gasteiger partial charge in [0.1, 0.15) is 16.4 Å². The predicted molar refractivity (Wildman–Crippen MR) is 114 cm³/mol. The molecular formula is C21H20N2O7S. The van der Waals surface area contributed by atoms with Crippen molar-refractivity contribution in [1.82, 2.24) is 10.2 Å². The molecule has 9 nitrogen and oxygen atoms in total. The van der Waals surface area contributed by atoms with Gasteiger partial charge in [-0.1, -0.05) is 6.07 Å². The first-order valence-corrected chi connectivity index (χ1v) is 9.90. The van der Waals surface area contributed by atoms with E-state index in [1.165, 1.54) is 26.4 Å². The van der Waals surface area contributed by atoms with Crippen molar-refractivity contribution in [2.45, 2.75) is 12.1 Å². The minimum Gasteiger partial charge on any atom is -0.504 e. The van der Waals surface area contributed by atoms with Crippen LogP contribution in [0.3, 0.4) is 0 Å². The summed E-state index contributed by atoms with van der Waals surface area (Å²) in [6.07, 6.45) is 1.42. The summed E-state index contributed by atoms with van der Waals surface area (Å²) >= 11 is 0.806. The van der Waals surface area contributed by atoms with Gasteiger partial charge in [0, 0.05) is 11.6 Å². The van der Waals surface area contributed by atoms with E-state index in [0.717, 1.165) is 11.8 Å². The zero-order valence-corrected chi connectivity index (χ0v) is 17.8. The molecule has 162 valence electrons. The molecular weight excluding hydrogens is 424 g/mol. The number of hydrogen-bond donors (Lipinski definition) is 2. The molecule has 2 N–H and O–H groups in total. The monoisotopic (exact) mass is 444 g/mol. The number of aliphatic carboxylic acids is 1. The molecule has 0 amide bonds. The fraction of sp³-hybridized carbons (Fsp3) is 0.190. The first kappa shape index (κ1) is 22.0. The van der Waals surface area contributed by atoms with Gasteiger partial charge in [0.05, 0.1) is 20.8 Å². The van der Waals surface area contributed by atoms with Crippen molar-refractivity contribution in [3.05, 3.63) is 46.9 Å². The highest BCUT2D eigenvalue weighted by atomic mass is 32.2. The van der Waals surface area contributed by atoms with Gasteiger partial charge in [0.15, 0.2) is 11.5 Å². The van der Waals surface area contributed by atoms with E-state index >= 15 is 0 Å². The van der Waals surface area contributed by atoms with Gasteiger partial charge in [-0.3, -0.25) is 0 Å². The van der Waals surface area contributed by atoms with E-state index < -0.39 is 5.97 Å². The van der Waals surface area contributed by atoms with Gasteiger partial charge in [-0.05, 0) is 54.6 Å². The van der Waals surface area contributed by atoms with E-state index in [0.29, 0.717) is 29.2 Å². The molecule has 2 aromatic carbocycles. The van der Waals surface area contributed by atoms with Gasteiger partial charge in [0.25, 0.3) is 5.22 Å². The zero-order valence-electron chi connectivity index (χ0n) is 17.0. The normalized spacial score (nSPS) is 11.3. The van der Waals surface area contributed by atoms with Crippen LogP contribution in [0.1, 0.15) is 12.5 Å². The Morgan fingerprint density at radius 1 is 1.13 bits per heavy atom. The molecule has 0 aliphatic rings. The van der Waals surface area contributed by atoms with E-state index in [9.17, 15) is 15.0 Å². The number of methoxy groups -OCH3 is 2. The maximum atomic E-state index is 11.7. The van der Waals surface area contributed by atoms with E-state index in [-0.39, 0.29) is 27.5 Å². The van der Waals surface area contributed by atoms with Crippen LogP contribution in [0.2, 0.25) is 0 Å². The molecule has 10 heteroatoms. The van der Waals surface area contributed by atoms with Crippen LogP contribution in [0.25, 0.3) is 17.5 Å². The van der Waals surface area contributed by atoms with Crippen molar-refractivity contribution in [2.75, 3.05) is 20.8 Å². The van der Waals surface area contributed by atoms with Crippen molar-refractivity contribution < 1.29 is 33.6 Å². The Balaban J connectivity index is 1.87. The van der Waals surface area contributed by atoms with Gasteiger partial charge >= 0.3 is 5.97 Å². The average Bonchev–Trinajstić information content (AvgIpc) is 3.24. The summed E-state index contributed by atoms with van der Waals surface area (Å²) < 4.78 is 21.4. The van der Waals surface area contributed by atoms with E-state index in [1.807, 2.05) is 0 Å². The molecule has 1 aromatic heterocycles. The number of thioether (sulfide) groups is 1. The number of carbonyl (C=O) groups is 1. The Labute approximate surface area is 182 Å². The summed E-state index contributed by atoms with van der Waals surface area (Å²) in [4.78, 5) is 11.7. The molecule has 0 bridgehead atoms. The molecule has 31 heavy (non-hydrogen) atoms. The van der Waals surface area contributed by atoms with Crippen molar-refractivity contribution in [1.29, 1.82) is 0 Å². The zero-order chi connectivity index (χ0) is 22.4. The van der Waals surface area contributed by atoms with Gasteiger partial charge in [-0.15, -0.1) is 10.2 Å². The third-order valence-corrected chi connectivity index (χ3v) is 4.85. The highest BCUT2D eigenvalue weighted by Gasteiger charge is 2.17. The number of nitrogens with zero attached hydrogens (tertiary/aromatic N) is 2. The molecule has 3 rings (SSSR count). The number of benzene rings is 2. The lowest BCUT2D eigenvalue weighted by Gasteiger charge is -2.07. The number of ether oxygens (including phenoxy) is 3. The van der Waals surface area contributed by atoms with Crippen molar-refractivity contribution in [3.63, 3.8) is 0 Å². The lowest BCUT2D eigenvalue weighted by atomic mass is 10.2. The second-order valence-corrected chi connectivity index (χ2v) is 7.04. The summed E-state index contributed by atoms with van der Waals surface area (Å²) in [6, 6.07) is 9.65. The minimum absolute atomic E-state index is 0.0289. The molecule has 0 unspecified atom stereocenters. The number of phenols is 1. The van der Waals surface area contributed by atoms with Gasteiger partial charge in [-0.25, -0.2) is 4.79 Å². The largest absolute Gasteiger partial charge is 0.504 e. The summed E-state index contributed by atoms with van der Waals surface area (Å²) in [6.45, 7) is 2.15. The molecule has 0 fully saturated rings. The Hall–Kier alpha value is -3.66. The standard InChI is InChI=1S/C21H20N2O7S/c1-4-29-17-7-12(5-6-16(17)24)8-18(20(25)26)31-21-23-22-19(30-21)13-9-14(27-2)11-15(10-13)28-3/h5-11,24H,4H2,1-3H3,(H,25,26)/b18-8-. The molecule has 0 saturated carbocycles. The number of rotatable bonds is 9. The van der Waals surface area contributed by atoms with Gasteiger partial charge < -0.3 is 28.8 Å². The van der Waals surface area contributed by atoms with Crippen molar-refractivity contribution in [2.24, 2.45) is 0 Å². The smallest absolute Gasteiger partial charge is 0.342 e. The third kappa shape index (κ3) is 5.48. The van der Waals surface area contributed by atoms with E-state index in [2.05, 4.69) is 10.2 Å². The van der Waals surface area contributed by atoms with Crippen LogP contribution >= 0.6 is 11.8 Å². The minimum atomic E-state index is -1.17. The number of hydrogen-bond acceptors (Lipinski definition) is 9. The number of phenolic OH excluding ortho intramolecular Hbond substituents is 1. The van der Waals surface area contributed by atoms with Crippen molar-refractivity contribution >= 4 is 23.8 Å². The lowest BCUT2D eigenvalue weighted by molar-refractivity contribution is -0.131. The average molecular weight is 444 g/mol. The van der Waals surface area contributed by atoms with E-state index in [1.54, 1.807) is 37.3 Å². The molecule has 3 aromatic rings. The Bertz CT molecular complexity index is 1090. The van der Waals surface area contributed by atoms with Crippen LogP contribution in [0.5, 0.6) is 23.0 Å². The number of aromatic nitrogens is 2. The predicted octanol–water partition coefficient (Wildman–Crippen LogP) is 4.08. The fourth-order valence-corrected chi connectivity index (χ4v) is 3.24. The highest BCUT2D eigenvalue weighted by Crippen LogP contribution is 2.34. The van der Waals surface area contributed by atoms with E-state index in [4.69, 9.17) is 18.6 Å². The highest BCUT2D eigenvalue weighted by molar-refractivity contribution is 8.03. The molecule has 0 saturated heterocycles. The van der Waals surface area contributed by atoms with Gasteiger partial charge in [0.2, 0.25) is 5.89 Å².